The number of carbonyl (C=O) groups excluding carboxylic acids is 1. The van der Waals surface area contributed by atoms with Gasteiger partial charge in [-0.25, -0.2) is 8.42 Å². The van der Waals surface area contributed by atoms with Crippen LogP contribution >= 0.6 is 0 Å². The highest BCUT2D eigenvalue weighted by Gasteiger charge is 2.22. The quantitative estimate of drug-likeness (QED) is 0.0520. The lowest BCUT2D eigenvalue weighted by atomic mass is 10.1. The van der Waals surface area contributed by atoms with Gasteiger partial charge in [-0.3, -0.25) is 18.5 Å². The van der Waals surface area contributed by atoms with Crippen LogP contribution < -0.4 is 21.3 Å². The topological polar surface area (TPSA) is 346 Å². The number of nitrogens with one attached hydrogen (secondary N) is 4. The van der Waals surface area contributed by atoms with Crippen LogP contribution in [-0.4, -0.2) is 98.0 Å². The Morgan fingerprint density at radius 2 is 1.32 bits per heavy atom. The molecule has 8 N–H and O–H groups in total. The van der Waals surface area contributed by atoms with Gasteiger partial charge in [-0.1, -0.05) is 18.2 Å². The Hall–Kier alpha value is -5.74. The molecule has 302 valence electrons. The molecule has 22 nitrogen and oxygen atoms in total. The minimum absolute atomic E-state index is 0.00563. The number of benzene rings is 4. The number of hydrogen-bond acceptors (Lipinski definition) is 18. The first-order valence-electron chi connectivity index (χ1n) is 15.9. The van der Waals surface area contributed by atoms with Crippen LogP contribution in [0.25, 0.3) is 10.8 Å². The summed E-state index contributed by atoms with van der Waals surface area (Å²) in [5, 5.41) is 27.6. The van der Waals surface area contributed by atoms with Crippen molar-refractivity contribution >= 4 is 103 Å². The fourth-order valence-corrected chi connectivity index (χ4v) is 7.88. The van der Waals surface area contributed by atoms with E-state index >= 15 is 0 Å². The molecular formula is C31H31N9O13S4. The minimum Gasteiger partial charge on any atom is -0.395 e. The molecule has 1 heterocycles. The van der Waals surface area contributed by atoms with Crippen molar-refractivity contribution in [3.8, 4) is 0 Å². The molecule has 1 amide bonds. The third-order valence-corrected chi connectivity index (χ3v) is 11.6. The molecule has 0 spiro atoms. The van der Waals surface area contributed by atoms with Crippen molar-refractivity contribution in [2.24, 2.45) is 10.2 Å². The van der Waals surface area contributed by atoms with Crippen LogP contribution in [0.15, 0.2) is 97.7 Å². The van der Waals surface area contributed by atoms with E-state index in [0.717, 1.165) is 18.2 Å². The lowest BCUT2D eigenvalue weighted by Gasteiger charge is -2.13. The van der Waals surface area contributed by atoms with Crippen molar-refractivity contribution in [1.29, 1.82) is 0 Å². The van der Waals surface area contributed by atoms with Gasteiger partial charge in [-0.15, -0.1) is 5.11 Å². The Labute approximate surface area is 324 Å². The highest BCUT2D eigenvalue weighted by molar-refractivity contribution is 7.91. The number of aromatic nitrogens is 3. The van der Waals surface area contributed by atoms with Crippen LogP contribution in [0.3, 0.4) is 0 Å². The lowest BCUT2D eigenvalue weighted by Crippen LogP contribution is -2.17. The Kier molecular flexibility index (Phi) is 12.5. The third-order valence-electron chi connectivity index (χ3n) is 7.38. The normalized spacial score (nSPS) is 12.4. The molecule has 0 saturated heterocycles. The Balaban J connectivity index is 1.51. The molecule has 57 heavy (non-hydrogen) atoms. The maximum absolute atomic E-state index is 12.5. The van der Waals surface area contributed by atoms with Crippen LogP contribution in [-0.2, 0) is 45.0 Å². The van der Waals surface area contributed by atoms with Gasteiger partial charge in [-0.2, -0.15) is 45.3 Å². The molecular weight excluding hydrogens is 835 g/mol. The Morgan fingerprint density at radius 1 is 0.684 bits per heavy atom. The van der Waals surface area contributed by atoms with Crippen molar-refractivity contribution < 1.29 is 57.2 Å². The van der Waals surface area contributed by atoms with Gasteiger partial charge in [0, 0.05) is 35.6 Å². The van der Waals surface area contributed by atoms with Crippen molar-refractivity contribution in [3.63, 3.8) is 0 Å². The maximum Gasteiger partial charge on any atom is 0.295 e. The first-order chi connectivity index (χ1) is 26.6. The fraction of sp³-hybridized carbons (Fsp3) is 0.161. The number of carbonyl (C=O) groups is 1. The van der Waals surface area contributed by atoms with E-state index in [4.69, 9.17) is 9.66 Å². The highest BCUT2D eigenvalue weighted by Crippen LogP contribution is 2.36. The SMILES string of the molecule is CC(=O)Nc1cc(Nc2nc(NCCS(=O)(=O)O)nc(Nc3cccc(S(=O)(=O)CCO)c3)n2)ccc1N=Nc1cc(S(=O)(=O)O)c2cccc(S(=O)(=O)O)c2c1. The van der Waals surface area contributed by atoms with Crippen molar-refractivity contribution in [2.45, 2.75) is 21.6 Å². The van der Waals surface area contributed by atoms with Crippen molar-refractivity contribution in [1.82, 2.24) is 15.0 Å². The van der Waals surface area contributed by atoms with Gasteiger partial charge in [0.25, 0.3) is 30.4 Å². The van der Waals surface area contributed by atoms with E-state index < -0.39 is 74.0 Å². The van der Waals surface area contributed by atoms with Crippen LogP contribution in [0.1, 0.15) is 6.92 Å². The van der Waals surface area contributed by atoms with Crippen molar-refractivity contribution in [3.05, 3.63) is 72.8 Å². The van der Waals surface area contributed by atoms with E-state index in [1.165, 1.54) is 61.5 Å². The number of aliphatic hydroxyl groups is 1. The second kappa shape index (κ2) is 16.8. The third kappa shape index (κ3) is 11.4. The molecule has 26 heteroatoms. The molecule has 0 atom stereocenters. The molecule has 5 aromatic rings. The molecule has 0 saturated carbocycles. The molecule has 0 bridgehead atoms. The maximum atomic E-state index is 12.5. The van der Waals surface area contributed by atoms with Crippen LogP contribution in [0, 0.1) is 0 Å². The number of aliphatic hydroxyl groups excluding tert-OH is 1. The van der Waals surface area contributed by atoms with Gasteiger partial charge in [-0.05, 0) is 54.6 Å². The molecule has 0 fully saturated rings. The zero-order chi connectivity index (χ0) is 41.8. The molecule has 0 radical (unpaired) electrons. The van der Waals surface area contributed by atoms with Gasteiger partial charge in [0.2, 0.25) is 23.8 Å². The van der Waals surface area contributed by atoms with E-state index in [9.17, 15) is 47.6 Å². The average Bonchev–Trinajstić information content (AvgIpc) is 3.09. The monoisotopic (exact) mass is 865 g/mol. The Bertz CT molecular complexity index is 2860. The molecule has 0 aliphatic carbocycles. The first-order valence-corrected chi connectivity index (χ1v) is 22.0. The van der Waals surface area contributed by atoms with E-state index in [1.54, 1.807) is 0 Å². The number of azo groups is 1. The molecule has 0 aliphatic rings. The number of rotatable bonds is 16. The summed E-state index contributed by atoms with van der Waals surface area (Å²) in [6, 6.07) is 15.1. The second-order valence-corrected chi connectivity index (χ2v) is 18.2. The summed E-state index contributed by atoms with van der Waals surface area (Å²) in [6.45, 7) is 0.262. The van der Waals surface area contributed by atoms with Gasteiger partial charge in [0.1, 0.15) is 15.5 Å². The predicted molar refractivity (Wildman–Crippen MR) is 205 cm³/mol. The molecule has 0 aliphatic heterocycles. The largest absolute Gasteiger partial charge is 0.395 e. The fourth-order valence-electron chi connectivity index (χ4n) is 5.03. The number of fused-ring (bicyclic) bond motifs is 1. The highest BCUT2D eigenvalue weighted by atomic mass is 32.2. The van der Waals surface area contributed by atoms with E-state index in [2.05, 4.69) is 46.4 Å². The summed E-state index contributed by atoms with van der Waals surface area (Å²) in [6.07, 6.45) is 0. The second-order valence-electron chi connectivity index (χ2n) is 11.7. The molecule has 1 aromatic heterocycles. The predicted octanol–water partition coefficient (Wildman–Crippen LogP) is 3.44. The van der Waals surface area contributed by atoms with Crippen molar-refractivity contribution in [2.75, 3.05) is 45.9 Å². The van der Waals surface area contributed by atoms with Gasteiger partial charge in [0.05, 0.1) is 34.4 Å². The number of amides is 1. The number of anilines is 6. The number of hydrogen-bond donors (Lipinski definition) is 8. The molecule has 4 aromatic carbocycles. The van der Waals surface area contributed by atoms with Gasteiger partial charge >= 0.3 is 0 Å². The zero-order valence-electron chi connectivity index (χ0n) is 29.1. The summed E-state index contributed by atoms with van der Waals surface area (Å²) in [7, 11) is -18.0. The van der Waals surface area contributed by atoms with E-state index in [1.807, 2.05) is 0 Å². The van der Waals surface area contributed by atoms with Crippen LogP contribution in [0.4, 0.5) is 46.3 Å². The summed E-state index contributed by atoms with van der Waals surface area (Å²) < 4.78 is 125. The zero-order valence-corrected chi connectivity index (χ0v) is 32.4. The number of nitrogens with zero attached hydrogens (tertiary/aromatic N) is 5. The first kappa shape index (κ1) is 42.4. The lowest BCUT2D eigenvalue weighted by molar-refractivity contribution is -0.114. The average molecular weight is 866 g/mol. The van der Waals surface area contributed by atoms with E-state index in [0.29, 0.717) is 0 Å². The van der Waals surface area contributed by atoms with Crippen LogP contribution in [0.5, 0.6) is 0 Å². The molecule has 0 unspecified atom stereocenters. The van der Waals surface area contributed by atoms with E-state index in [-0.39, 0.29) is 68.5 Å². The summed E-state index contributed by atoms with van der Waals surface area (Å²) in [5.74, 6) is -2.30. The van der Waals surface area contributed by atoms with Gasteiger partial charge in [0.15, 0.2) is 9.84 Å². The van der Waals surface area contributed by atoms with Crippen LogP contribution in [0.2, 0.25) is 0 Å². The summed E-state index contributed by atoms with van der Waals surface area (Å²) >= 11 is 0. The summed E-state index contributed by atoms with van der Waals surface area (Å²) in [5.41, 5.74) is 0.187. The molecule has 5 rings (SSSR count). The van der Waals surface area contributed by atoms with Gasteiger partial charge < -0.3 is 26.4 Å². The summed E-state index contributed by atoms with van der Waals surface area (Å²) in [4.78, 5) is 23.3. The number of sulfone groups is 1. The standard InChI is InChI=1S/C31H31N9O13S4/c1-18(42)33-26-16-20(8-9-25(26)40-39-21-15-24-23(28(17-21)57(51,52)53)6-3-7-27(24)56(48,49)50)35-31-37-29(32-10-12-55(45,46)47)36-30(38-31)34-19-4-2-5-22(14-19)54(43,44)13-11-41/h2-9,14-17,41H,10-13H2,1H3,(H,33,42)(H,45,46,47)(H,48,49,50)(H,51,52,53)(H3,32,34,35,36,37,38). The smallest absolute Gasteiger partial charge is 0.295 e. The Morgan fingerprint density at radius 3 is 1.93 bits per heavy atom. The minimum atomic E-state index is -4.94.